The molecule has 0 bridgehead atoms. The lowest BCUT2D eigenvalue weighted by atomic mass is 9.82. The molecule has 0 unspecified atom stereocenters. The molecule has 0 aliphatic rings. The second kappa shape index (κ2) is 5.91. The molecular formula is C16H20N4O. The number of amidine groups is 1. The van der Waals surface area contributed by atoms with Crippen LogP contribution >= 0.6 is 0 Å². The summed E-state index contributed by atoms with van der Waals surface area (Å²) in [6, 6.07) is 7.88. The molecule has 0 fully saturated rings. The van der Waals surface area contributed by atoms with Gasteiger partial charge in [0.05, 0.1) is 0 Å². The lowest BCUT2D eigenvalue weighted by molar-refractivity contribution is 0.456. The van der Waals surface area contributed by atoms with E-state index in [1.54, 1.807) is 0 Å². The smallest absolute Gasteiger partial charge is 0.249 e. The molecule has 0 amide bonds. The topological polar surface area (TPSA) is 84.9 Å². The normalized spacial score (nSPS) is 11.2. The Labute approximate surface area is 124 Å². The van der Waals surface area contributed by atoms with E-state index in [0.29, 0.717) is 5.75 Å². The summed E-state index contributed by atoms with van der Waals surface area (Å²) in [6.45, 7) is 6.59. The lowest BCUT2D eigenvalue weighted by Gasteiger charge is -2.23. The zero-order valence-corrected chi connectivity index (χ0v) is 12.6. The van der Waals surface area contributed by atoms with Gasteiger partial charge in [-0.15, -0.1) is 0 Å². The predicted octanol–water partition coefficient (Wildman–Crippen LogP) is 3.24. The molecule has 21 heavy (non-hydrogen) atoms. The quantitative estimate of drug-likeness (QED) is 0.652. The Kier molecular flexibility index (Phi) is 4.21. The fourth-order valence-corrected chi connectivity index (χ4v) is 1.87. The van der Waals surface area contributed by atoms with Crippen molar-refractivity contribution < 1.29 is 4.74 Å². The highest BCUT2D eigenvalue weighted by Gasteiger charge is 2.18. The molecule has 110 valence electrons. The third-order valence-corrected chi connectivity index (χ3v) is 3.65. The summed E-state index contributed by atoms with van der Waals surface area (Å²) >= 11 is 0. The van der Waals surface area contributed by atoms with E-state index in [1.807, 2.05) is 24.3 Å². The summed E-state index contributed by atoms with van der Waals surface area (Å²) in [5.41, 5.74) is 7.10. The first-order valence-electron chi connectivity index (χ1n) is 6.88. The molecule has 0 saturated heterocycles. The van der Waals surface area contributed by atoms with Gasteiger partial charge < -0.3 is 10.5 Å². The second-order valence-electron chi connectivity index (χ2n) is 5.49. The molecule has 3 N–H and O–H groups in total. The van der Waals surface area contributed by atoms with Crippen molar-refractivity contribution in [2.45, 2.75) is 32.6 Å². The molecule has 2 aromatic rings. The Morgan fingerprint density at radius 1 is 1.19 bits per heavy atom. The number of nitrogen functional groups attached to an aromatic ring is 1. The van der Waals surface area contributed by atoms with Crippen molar-refractivity contribution >= 4 is 5.84 Å². The summed E-state index contributed by atoms with van der Waals surface area (Å²) in [7, 11) is 0. The molecule has 0 spiro atoms. The van der Waals surface area contributed by atoms with Crippen molar-refractivity contribution in [3.63, 3.8) is 0 Å². The van der Waals surface area contributed by atoms with Crippen molar-refractivity contribution in [1.82, 2.24) is 9.97 Å². The van der Waals surface area contributed by atoms with Crippen molar-refractivity contribution in [3.8, 4) is 11.6 Å². The molecule has 5 heteroatoms. The van der Waals surface area contributed by atoms with Gasteiger partial charge in [0, 0.05) is 12.4 Å². The molecule has 1 heterocycles. The number of nitrogens with one attached hydrogen (secondary N) is 1. The first-order chi connectivity index (χ1) is 9.94. The summed E-state index contributed by atoms with van der Waals surface area (Å²) in [6.07, 6.45) is 4.05. The lowest BCUT2D eigenvalue weighted by Crippen LogP contribution is -2.15. The van der Waals surface area contributed by atoms with E-state index in [9.17, 15) is 0 Å². The molecule has 1 aromatic carbocycles. The third-order valence-electron chi connectivity index (χ3n) is 3.65. The molecule has 2 rings (SSSR count). The van der Waals surface area contributed by atoms with Gasteiger partial charge in [0.2, 0.25) is 5.88 Å². The number of hydrogen-bond donors (Lipinski definition) is 2. The van der Waals surface area contributed by atoms with E-state index in [0.717, 1.165) is 6.42 Å². The predicted molar refractivity (Wildman–Crippen MR) is 82.9 cm³/mol. The minimum Gasteiger partial charge on any atom is -0.437 e. The van der Waals surface area contributed by atoms with Crippen molar-refractivity contribution in [2.24, 2.45) is 5.73 Å². The Hall–Kier alpha value is -2.43. The first kappa shape index (κ1) is 15.0. The van der Waals surface area contributed by atoms with Gasteiger partial charge in [0.15, 0.2) is 5.69 Å². The molecule has 0 aliphatic carbocycles. The number of nitrogens with two attached hydrogens (primary N) is 1. The van der Waals surface area contributed by atoms with Crippen LogP contribution in [-0.4, -0.2) is 15.8 Å². The fourth-order valence-electron chi connectivity index (χ4n) is 1.87. The van der Waals surface area contributed by atoms with Crippen molar-refractivity contribution in [3.05, 3.63) is 47.9 Å². The standard InChI is InChI=1S/C16H20N4O/c1-4-16(2,3)11-5-7-12(8-6-11)21-15-13(14(17)18)19-9-10-20-15/h5-10H,4H2,1-3H3,(H3,17,18). The highest BCUT2D eigenvalue weighted by atomic mass is 16.5. The van der Waals surface area contributed by atoms with Crippen LogP contribution in [0.3, 0.4) is 0 Å². The average Bonchev–Trinajstić information content (AvgIpc) is 2.48. The van der Waals surface area contributed by atoms with Gasteiger partial charge in [-0.3, -0.25) is 5.41 Å². The molecule has 0 saturated carbocycles. The van der Waals surface area contributed by atoms with E-state index in [1.165, 1.54) is 18.0 Å². The number of aromatic nitrogens is 2. The van der Waals surface area contributed by atoms with Crippen LogP contribution in [0.1, 0.15) is 38.4 Å². The van der Waals surface area contributed by atoms with Crippen molar-refractivity contribution in [2.75, 3.05) is 0 Å². The number of rotatable bonds is 5. The minimum atomic E-state index is -0.165. The van der Waals surface area contributed by atoms with E-state index in [-0.39, 0.29) is 22.8 Å². The van der Waals surface area contributed by atoms with Gasteiger partial charge in [0.25, 0.3) is 0 Å². The summed E-state index contributed by atoms with van der Waals surface area (Å²) in [4.78, 5) is 8.08. The number of benzene rings is 1. The Balaban J connectivity index is 2.24. The van der Waals surface area contributed by atoms with Crippen LogP contribution in [-0.2, 0) is 5.41 Å². The van der Waals surface area contributed by atoms with Crippen LogP contribution in [0.4, 0.5) is 0 Å². The van der Waals surface area contributed by atoms with Crippen LogP contribution < -0.4 is 10.5 Å². The van der Waals surface area contributed by atoms with Gasteiger partial charge in [0.1, 0.15) is 11.6 Å². The molecule has 0 radical (unpaired) electrons. The van der Waals surface area contributed by atoms with Gasteiger partial charge in [-0.05, 0) is 29.5 Å². The van der Waals surface area contributed by atoms with E-state index in [2.05, 4.69) is 30.7 Å². The number of hydrogen-bond acceptors (Lipinski definition) is 4. The van der Waals surface area contributed by atoms with Crippen LogP contribution in [0.2, 0.25) is 0 Å². The minimum absolute atomic E-state index is 0.135. The summed E-state index contributed by atoms with van der Waals surface area (Å²) in [5, 5.41) is 7.48. The molecule has 5 nitrogen and oxygen atoms in total. The van der Waals surface area contributed by atoms with E-state index in [4.69, 9.17) is 15.9 Å². The van der Waals surface area contributed by atoms with Crippen LogP contribution in [0.5, 0.6) is 11.6 Å². The van der Waals surface area contributed by atoms with Gasteiger partial charge in [-0.1, -0.05) is 32.9 Å². The fraction of sp³-hybridized carbons (Fsp3) is 0.312. The highest BCUT2D eigenvalue weighted by molar-refractivity contribution is 5.95. The summed E-state index contributed by atoms with van der Waals surface area (Å²) < 4.78 is 5.68. The number of nitrogens with zero attached hydrogens (tertiary/aromatic N) is 2. The Morgan fingerprint density at radius 3 is 2.38 bits per heavy atom. The maximum absolute atomic E-state index is 7.48. The largest absolute Gasteiger partial charge is 0.437 e. The zero-order chi connectivity index (χ0) is 15.5. The van der Waals surface area contributed by atoms with Crippen LogP contribution in [0.25, 0.3) is 0 Å². The summed E-state index contributed by atoms with van der Waals surface area (Å²) in [5.74, 6) is 0.725. The zero-order valence-electron chi connectivity index (χ0n) is 12.6. The maximum Gasteiger partial charge on any atom is 0.249 e. The Bertz CT molecular complexity index is 635. The van der Waals surface area contributed by atoms with Crippen molar-refractivity contribution in [1.29, 1.82) is 5.41 Å². The van der Waals surface area contributed by atoms with Gasteiger partial charge in [-0.2, -0.15) is 0 Å². The first-order valence-corrected chi connectivity index (χ1v) is 6.88. The highest BCUT2D eigenvalue weighted by Crippen LogP contribution is 2.29. The Morgan fingerprint density at radius 2 is 1.81 bits per heavy atom. The molecular weight excluding hydrogens is 264 g/mol. The third kappa shape index (κ3) is 3.37. The number of ether oxygens (including phenoxy) is 1. The van der Waals surface area contributed by atoms with Crippen LogP contribution in [0, 0.1) is 5.41 Å². The average molecular weight is 284 g/mol. The van der Waals surface area contributed by atoms with Crippen LogP contribution in [0.15, 0.2) is 36.7 Å². The van der Waals surface area contributed by atoms with Gasteiger partial charge >= 0.3 is 0 Å². The van der Waals surface area contributed by atoms with E-state index >= 15 is 0 Å². The van der Waals surface area contributed by atoms with Gasteiger partial charge in [-0.25, -0.2) is 9.97 Å². The molecule has 0 aliphatic heterocycles. The monoisotopic (exact) mass is 284 g/mol. The van der Waals surface area contributed by atoms with E-state index < -0.39 is 0 Å². The second-order valence-corrected chi connectivity index (χ2v) is 5.49. The SMILES string of the molecule is CCC(C)(C)c1ccc(Oc2nccnc2C(=N)N)cc1. The molecule has 1 aromatic heterocycles. The maximum atomic E-state index is 7.48. The molecule has 0 atom stereocenters.